The summed E-state index contributed by atoms with van der Waals surface area (Å²) >= 11 is 0. The number of benzene rings is 8. The summed E-state index contributed by atoms with van der Waals surface area (Å²) in [6.45, 7) is 0. The highest BCUT2D eigenvalue weighted by molar-refractivity contribution is 6.20. The third-order valence-corrected chi connectivity index (χ3v) is 10.4. The van der Waals surface area contributed by atoms with Gasteiger partial charge in [0, 0.05) is 28.9 Å². The van der Waals surface area contributed by atoms with E-state index in [1.807, 2.05) is 55.6 Å². The minimum atomic E-state index is -0.401. The second-order valence-electron chi connectivity index (χ2n) is 13.9. The van der Waals surface area contributed by atoms with Crippen LogP contribution in [0.15, 0.2) is 214 Å². The average molecular weight is 725 g/mol. The molecule has 0 spiro atoms. The highest BCUT2D eigenvalue weighted by Crippen LogP contribution is 2.39. The van der Waals surface area contributed by atoms with E-state index in [0.29, 0.717) is 11.4 Å². The highest BCUT2D eigenvalue weighted by atomic mass is 16.3. The Hall–Kier alpha value is -7.30. The molecule has 0 fully saturated rings. The first-order valence-corrected chi connectivity index (χ1v) is 18.6. The predicted octanol–water partition coefficient (Wildman–Crippen LogP) is 13.1. The van der Waals surface area contributed by atoms with Gasteiger partial charge in [0.2, 0.25) is 0 Å². The van der Waals surface area contributed by atoms with Crippen molar-refractivity contribution in [3.63, 3.8) is 0 Å². The number of hydrogen-bond acceptors (Lipinski definition) is 4. The maximum atomic E-state index is 8.38. The maximum absolute atomic E-state index is 8.38. The van der Waals surface area contributed by atoms with Crippen LogP contribution in [0.1, 0.15) is 29.7 Å². The van der Waals surface area contributed by atoms with E-state index in [1.165, 1.54) is 0 Å². The normalized spacial score (nSPS) is 15.4. The van der Waals surface area contributed by atoms with Crippen LogP contribution in [0, 0.1) is 0 Å². The minimum absolute atomic E-state index is 0.190. The second kappa shape index (κ2) is 14.2. The lowest BCUT2D eigenvalue weighted by molar-refractivity contribution is 0.383. The molecule has 56 heavy (non-hydrogen) atoms. The van der Waals surface area contributed by atoms with Crippen LogP contribution in [0.4, 0.5) is 0 Å². The molecule has 0 aliphatic carbocycles. The van der Waals surface area contributed by atoms with Crippen LogP contribution >= 0.6 is 0 Å². The molecule has 0 amide bonds. The van der Waals surface area contributed by atoms with E-state index in [0.717, 1.165) is 77.8 Å². The van der Waals surface area contributed by atoms with Crippen molar-refractivity contribution in [2.24, 2.45) is 9.98 Å². The second-order valence-corrected chi connectivity index (χ2v) is 13.9. The first-order valence-electron chi connectivity index (χ1n) is 21.1. The summed E-state index contributed by atoms with van der Waals surface area (Å²) in [6, 6.07) is 55.7. The lowest BCUT2D eigenvalue weighted by Crippen LogP contribution is -2.35. The Morgan fingerprint density at radius 2 is 1.00 bits per heavy atom. The van der Waals surface area contributed by atoms with Crippen molar-refractivity contribution in [3.05, 3.63) is 217 Å². The molecule has 1 aliphatic heterocycles. The molecule has 1 aliphatic rings. The van der Waals surface area contributed by atoms with Gasteiger partial charge in [-0.15, -0.1) is 0 Å². The standard InChI is InChI=1S/C52H37N3O/c1-55-51(41-18-9-4-10-19-41)53-50(54-52(55)43-21-11-20-42(34-43)36-16-7-3-8-17-36)47-25-13-24-46-45-23-12-22-44(48(45)56-49(46)47)40-32-30-39(31-33-40)38-28-26-37(27-29-38)35-14-5-2-6-15-35/h2-34,52H,1H3/i2D,5D,6D,14D,15D. The van der Waals surface area contributed by atoms with Crippen molar-refractivity contribution in [1.82, 2.24) is 4.90 Å². The molecule has 0 bridgehead atoms. The molecule has 4 heteroatoms. The molecule has 10 rings (SSSR count). The fraction of sp³-hybridized carbons (Fsp3) is 0.0385. The van der Waals surface area contributed by atoms with E-state index in [-0.39, 0.29) is 35.9 Å². The van der Waals surface area contributed by atoms with Gasteiger partial charge in [0.1, 0.15) is 17.0 Å². The molecule has 2 heterocycles. The maximum Gasteiger partial charge on any atom is 0.163 e. The Kier molecular flexibility index (Phi) is 7.13. The van der Waals surface area contributed by atoms with Crippen molar-refractivity contribution in [3.8, 4) is 44.5 Å². The monoisotopic (exact) mass is 724 g/mol. The Labute approximate surface area is 333 Å². The Morgan fingerprint density at radius 1 is 0.482 bits per heavy atom. The third kappa shape index (κ3) is 6.08. The number of hydrogen-bond donors (Lipinski definition) is 0. The summed E-state index contributed by atoms with van der Waals surface area (Å²) < 4.78 is 47.7. The van der Waals surface area contributed by atoms with E-state index in [2.05, 4.69) is 114 Å². The zero-order valence-electron chi connectivity index (χ0n) is 35.5. The quantitative estimate of drug-likeness (QED) is 0.164. The van der Waals surface area contributed by atoms with Crippen LogP contribution in [0.2, 0.25) is 0 Å². The van der Waals surface area contributed by atoms with Crippen molar-refractivity contribution in [1.29, 1.82) is 0 Å². The number of nitrogens with zero attached hydrogens (tertiary/aromatic N) is 3. The summed E-state index contributed by atoms with van der Waals surface area (Å²) in [5, 5.41) is 1.97. The van der Waals surface area contributed by atoms with Crippen LogP contribution in [-0.4, -0.2) is 23.6 Å². The summed E-state index contributed by atoms with van der Waals surface area (Å²) in [6.07, 6.45) is -0.344. The van der Waals surface area contributed by atoms with Crippen molar-refractivity contribution in [2.75, 3.05) is 7.05 Å². The summed E-state index contributed by atoms with van der Waals surface area (Å²) in [7, 11) is 2.05. The van der Waals surface area contributed by atoms with Crippen LogP contribution in [-0.2, 0) is 0 Å². The third-order valence-electron chi connectivity index (χ3n) is 10.4. The molecule has 266 valence electrons. The van der Waals surface area contributed by atoms with Crippen LogP contribution in [0.3, 0.4) is 0 Å². The lowest BCUT2D eigenvalue weighted by Gasteiger charge is -2.32. The fourth-order valence-corrected chi connectivity index (χ4v) is 7.61. The van der Waals surface area contributed by atoms with Gasteiger partial charge >= 0.3 is 0 Å². The first-order chi connectivity index (χ1) is 29.7. The number of fused-ring (bicyclic) bond motifs is 3. The Morgan fingerprint density at radius 3 is 1.66 bits per heavy atom. The Bertz CT molecular complexity index is 3170. The van der Waals surface area contributed by atoms with Gasteiger partial charge in [0.05, 0.1) is 12.4 Å². The first kappa shape index (κ1) is 28.2. The minimum Gasteiger partial charge on any atom is -0.455 e. The molecule has 1 unspecified atom stereocenters. The molecule has 0 saturated heterocycles. The Balaban J connectivity index is 1.02. The largest absolute Gasteiger partial charge is 0.455 e. The van der Waals surface area contributed by atoms with E-state index < -0.39 is 6.04 Å². The molecule has 4 nitrogen and oxygen atoms in total. The van der Waals surface area contributed by atoms with Gasteiger partial charge in [-0.05, 0) is 56.6 Å². The van der Waals surface area contributed by atoms with Gasteiger partial charge in [0.15, 0.2) is 12.0 Å². The van der Waals surface area contributed by atoms with Gasteiger partial charge in [0.25, 0.3) is 0 Å². The SMILES string of the molecule is [2H]c1c([2H])c([2H])c(-c2ccc(-c3ccc(-c4cccc5c4oc4c(C6=NC(c7cccc(-c8ccccc8)c7)N(C)C(c7ccccc7)=N6)cccc45)cc3)cc2)c([2H])c1[2H]. The summed E-state index contributed by atoms with van der Waals surface area (Å²) in [5.74, 6) is 1.42. The topological polar surface area (TPSA) is 41.1 Å². The lowest BCUT2D eigenvalue weighted by atomic mass is 9.97. The van der Waals surface area contributed by atoms with E-state index in [9.17, 15) is 0 Å². The number of para-hydroxylation sites is 2. The summed E-state index contributed by atoms with van der Waals surface area (Å²) in [4.78, 5) is 12.7. The molecular formula is C52H37N3O. The fourth-order valence-electron chi connectivity index (χ4n) is 7.61. The number of rotatable bonds is 7. The summed E-state index contributed by atoms with van der Waals surface area (Å²) in [5.41, 5.74) is 11.2. The average Bonchev–Trinajstić information content (AvgIpc) is 3.71. The number of furan rings is 1. The van der Waals surface area contributed by atoms with Gasteiger partial charge < -0.3 is 9.32 Å². The van der Waals surface area contributed by atoms with Gasteiger partial charge in [-0.25, -0.2) is 9.98 Å². The van der Waals surface area contributed by atoms with Crippen LogP contribution in [0.5, 0.6) is 0 Å². The van der Waals surface area contributed by atoms with E-state index in [1.54, 1.807) is 12.1 Å². The van der Waals surface area contributed by atoms with Crippen LogP contribution in [0.25, 0.3) is 66.4 Å². The molecule has 9 aromatic rings. The van der Waals surface area contributed by atoms with Crippen molar-refractivity contribution >= 4 is 33.6 Å². The number of amidine groups is 2. The smallest absolute Gasteiger partial charge is 0.163 e. The zero-order chi connectivity index (χ0) is 41.8. The van der Waals surface area contributed by atoms with Gasteiger partial charge in [-0.2, -0.15) is 0 Å². The number of aliphatic imine (C=N–C) groups is 2. The molecule has 1 atom stereocenters. The van der Waals surface area contributed by atoms with Crippen molar-refractivity contribution in [2.45, 2.75) is 6.17 Å². The molecule has 0 radical (unpaired) electrons. The van der Waals surface area contributed by atoms with E-state index >= 15 is 0 Å². The molecule has 0 saturated carbocycles. The van der Waals surface area contributed by atoms with E-state index in [4.69, 9.17) is 21.3 Å². The van der Waals surface area contributed by atoms with Crippen molar-refractivity contribution < 1.29 is 11.3 Å². The van der Waals surface area contributed by atoms with Gasteiger partial charge in [-0.3, -0.25) is 0 Å². The molecular weight excluding hydrogens is 683 g/mol. The molecule has 1 aromatic heterocycles. The predicted molar refractivity (Wildman–Crippen MR) is 232 cm³/mol. The zero-order valence-corrected chi connectivity index (χ0v) is 30.5. The van der Waals surface area contributed by atoms with Gasteiger partial charge in [-0.1, -0.05) is 188 Å². The molecule has 0 N–H and O–H groups in total. The highest BCUT2D eigenvalue weighted by Gasteiger charge is 2.28. The van der Waals surface area contributed by atoms with Crippen LogP contribution < -0.4 is 0 Å². The molecule has 8 aromatic carbocycles.